The monoisotopic (exact) mass is 378 g/mol. The minimum absolute atomic E-state index is 0.476. The molecule has 26 heavy (non-hydrogen) atoms. The van der Waals surface area contributed by atoms with Crippen molar-refractivity contribution in [2.24, 2.45) is 0 Å². The smallest absolute Gasteiger partial charge is 0.374 e. The highest BCUT2D eigenvalue weighted by molar-refractivity contribution is 5.39. The van der Waals surface area contributed by atoms with Gasteiger partial charge in [-0.05, 0) is 25.0 Å². The number of alkyl halides is 6. The van der Waals surface area contributed by atoms with Crippen molar-refractivity contribution in [1.82, 2.24) is 0 Å². The second-order valence-electron chi connectivity index (χ2n) is 6.15. The van der Waals surface area contributed by atoms with E-state index < -0.39 is 34.7 Å². The zero-order valence-electron chi connectivity index (χ0n) is 13.8. The van der Waals surface area contributed by atoms with E-state index >= 15 is 0 Å². The topological polar surface area (TPSA) is 40.5 Å². The molecule has 0 unspecified atom stereocenters. The van der Waals surface area contributed by atoms with Crippen LogP contribution in [0.4, 0.5) is 26.3 Å². The highest BCUT2D eigenvalue weighted by atomic mass is 19.4. The predicted molar refractivity (Wildman–Crippen MR) is 82.3 cm³/mol. The van der Waals surface area contributed by atoms with Crippen molar-refractivity contribution in [3.05, 3.63) is 70.8 Å². The predicted octanol–water partition coefficient (Wildman–Crippen LogP) is 4.50. The molecule has 0 saturated heterocycles. The first-order valence-electron chi connectivity index (χ1n) is 7.47. The van der Waals surface area contributed by atoms with Crippen LogP contribution in [0, 0.1) is 13.8 Å². The van der Waals surface area contributed by atoms with Crippen molar-refractivity contribution in [3.63, 3.8) is 0 Å². The van der Waals surface area contributed by atoms with Gasteiger partial charge in [0.1, 0.15) is 0 Å². The van der Waals surface area contributed by atoms with Gasteiger partial charge in [0.05, 0.1) is 0 Å². The SMILES string of the molecule is Cc1ccc([C@@](O)(C(F)(F)F)[C@](O)(c2ccc(C)cc2)C(F)(F)F)cc1. The van der Waals surface area contributed by atoms with E-state index in [4.69, 9.17) is 0 Å². The highest BCUT2D eigenvalue weighted by Gasteiger charge is 2.77. The number of hydrogen-bond acceptors (Lipinski definition) is 2. The molecule has 0 aliphatic rings. The van der Waals surface area contributed by atoms with E-state index in [1.807, 2.05) is 0 Å². The Labute approximate surface area is 145 Å². The summed E-state index contributed by atoms with van der Waals surface area (Å²) in [5, 5.41) is 20.8. The minimum Gasteiger partial charge on any atom is -0.374 e. The summed E-state index contributed by atoms with van der Waals surface area (Å²) in [5.41, 5.74) is -10.5. The van der Waals surface area contributed by atoms with Gasteiger partial charge in [-0.1, -0.05) is 59.7 Å². The molecule has 0 fully saturated rings. The third-order valence-corrected chi connectivity index (χ3v) is 4.28. The first-order chi connectivity index (χ1) is 11.7. The molecule has 142 valence electrons. The fourth-order valence-corrected chi connectivity index (χ4v) is 2.74. The normalized spacial score (nSPS) is 17.5. The Morgan fingerprint density at radius 3 is 0.962 bits per heavy atom. The minimum atomic E-state index is -5.82. The molecule has 0 bridgehead atoms. The van der Waals surface area contributed by atoms with Crippen LogP contribution in [-0.4, -0.2) is 22.6 Å². The second kappa shape index (κ2) is 6.28. The van der Waals surface area contributed by atoms with Gasteiger partial charge in [0.25, 0.3) is 0 Å². The average Bonchev–Trinajstić information content (AvgIpc) is 2.52. The fourth-order valence-electron chi connectivity index (χ4n) is 2.74. The Kier molecular flexibility index (Phi) is 4.89. The molecule has 0 saturated carbocycles. The van der Waals surface area contributed by atoms with E-state index in [1.165, 1.54) is 13.8 Å². The zero-order chi connectivity index (χ0) is 20.0. The van der Waals surface area contributed by atoms with Crippen LogP contribution in [0.15, 0.2) is 48.5 Å². The van der Waals surface area contributed by atoms with E-state index in [2.05, 4.69) is 0 Å². The van der Waals surface area contributed by atoms with Crippen molar-refractivity contribution >= 4 is 0 Å². The van der Waals surface area contributed by atoms with Gasteiger partial charge in [-0.2, -0.15) is 26.3 Å². The molecule has 2 N–H and O–H groups in total. The lowest BCUT2D eigenvalue weighted by molar-refractivity contribution is -0.399. The van der Waals surface area contributed by atoms with Gasteiger partial charge in [0.2, 0.25) is 11.2 Å². The fraction of sp³-hybridized carbons (Fsp3) is 0.333. The average molecular weight is 378 g/mol. The number of hydrogen-bond donors (Lipinski definition) is 2. The number of benzene rings is 2. The summed E-state index contributed by atoms with van der Waals surface area (Å²) in [6.07, 6.45) is -11.6. The molecule has 2 atom stereocenters. The maximum absolute atomic E-state index is 13.8. The van der Waals surface area contributed by atoms with Crippen LogP contribution >= 0.6 is 0 Å². The zero-order valence-corrected chi connectivity index (χ0v) is 13.8. The van der Waals surface area contributed by atoms with E-state index in [0.717, 1.165) is 24.3 Å². The lowest BCUT2D eigenvalue weighted by Gasteiger charge is -2.45. The van der Waals surface area contributed by atoms with Crippen LogP contribution < -0.4 is 0 Å². The Hall–Kier alpha value is -2.06. The molecule has 0 heterocycles. The third-order valence-electron chi connectivity index (χ3n) is 4.28. The first kappa shape index (κ1) is 20.3. The molecular formula is C18H16F6O2. The van der Waals surface area contributed by atoms with Crippen LogP contribution in [-0.2, 0) is 11.2 Å². The molecule has 2 nitrogen and oxygen atoms in total. The Bertz CT molecular complexity index is 697. The van der Waals surface area contributed by atoms with E-state index in [1.54, 1.807) is 0 Å². The van der Waals surface area contributed by atoms with Crippen LogP contribution in [0.2, 0.25) is 0 Å². The molecule has 0 radical (unpaired) electrons. The van der Waals surface area contributed by atoms with Gasteiger partial charge < -0.3 is 10.2 Å². The Balaban J connectivity index is 2.88. The lowest BCUT2D eigenvalue weighted by atomic mass is 9.72. The van der Waals surface area contributed by atoms with Crippen molar-refractivity contribution in [2.75, 3.05) is 0 Å². The standard InChI is InChI=1S/C18H16F6O2/c1-11-3-7-13(8-4-11)15(25,17(19,20)21)16(26,18(22,23)24)14-9-5-12(2)6-10-14/h3-10,25-26H,1-2H3/t15-,16+. The summed E-state index contributed by atoms with van der Waals surface area (Å²) in [4.78, 5) is 0. The van der Waals surface area contributed by atoms with E-state index in [9.17, 15) is 36.6 Å². The lowest BCUT2D eigenvalue weighted by Crippen LogP contribution is -2.65. The largest absolute Gasteiger partial charge is 0.425 e. The molecule has 0 aliphatic heterocycles. The molecule has 8 heteroatoms. The van der Waals surface area contributed by atoms with Gasteiger partial charge >= 0.3 is 12.4 Å². The van der Waals surface area contributed by atoms with Crippen LogP contribution in [0.3, 0.4) is 0 Å². The summed E-state index contributed by atoms with van der Waals surface area (Å²) in [6.45, 7) is 3.04. The highest BCUT2D eigenvalue weighted by Crippen LogP contribution is 2.57. The van der Waals surface area contributed by atoms with Gasteiger partial charge in [0.15, 0.2) is 0 Å². The second-order valence-corrected chi connectivity index (χ2v) is 6.15. The quantitative estimate of drug-likeness (QED) is 0.772. The van der Waals surface area contributed by atoms with E-state index in [0.29, 0.717) is 35.4 Å². The Morgan fingerprint density at radius 2 is 0.769 bits per heavy atom. The third kappa shape index (κ3) is 2.97. The molecule has 2 aromatic rings. The molecule has 2 rings (SSSR count). The molecule has 2 aromatic carbocycles. The number of aliphatic hydroxyl groups is 2. The maximum Gasteiger partial charge on any atom is 0.425 e. The molecule has 0 aromatic heterocycles. The molecule has 0 spiro atoms. The number of halogens is 6. The summed E-state index contributed by atoms with van der Waals surface area (Å²) in [6, 6.07) is 7.36. The van der Waals surface area contributed by atoms with Gasteiger partial charge in [0, 0.05) is 0 Å². The Morgan fingerprint density at radius 1 is 0.538 bits per heavy atom. The number of rotatable bonds is 3. The van der Waals surface area contributed by atoms with Crippen molar-refractivity contribution in [1.29, 1.82) is 0 Å². The summed E-state index contributed by atoms with van der Waals surface area (Å²) < 4.78 is 82.6. The summed E-state index contributed by atoms with van der Waals surface area (Å²) >= 11 is 0. The van der Waals surface area contributed by atoms with Crippen molar-refractivity contribution < 1.29 is 36.6 Å². The van der Waals surface area contributed by atoms with Crippen molar-refractivity contribution in [3.8, 4) is 0 Å². The molecule has 0 amide bonds. The maximum atomic E-state index is 13.8. The summed E-state index contributed by atoms with van der Waals surface area (Å²) in [7, 11) is 0. The van der Waals surface area contributed by atoms with Crippen LogP contribution in [0.5, 0.6) is 0 Å². The van der Waals surface area contributed by atoms with Crippen LogP contribution in [0.1, 0.15) is 22.3 Å². The van der Waals surface area contributed by atoms with E-state index in [-0.39, 0.29) is 0 Å². The van der Waals surface area contributed by atoms with Gasteiger partial charge in [-0.25, -0.2) is 0 Å². The van der Waals surface area contributed by atoms with Gasteiger partial charge in [-0.15, -0.1) is 0 Å². The van der Waals surface area contributed by atoms with Gasteiger partial charge in [-0.3, -0.25) is 0 Å². The summed E-state index contributed by atoms with van der Waals surface area (Å²) in [5.74, 6) is 0. The van der Waals surface area contributed by atoms with Crippen LogP contribution in [0.25, 0.3) is 0 Å². The molecule has 0 aliphatic carbocycles. The number of aryl methyl sites for hydroxylation is 2. The molecular weight excluding hydrogens is 362 g/mol. The van der Waals surface area contributed by atoms with Crippen molar-refractivity contribution in [2.45, 2.75) is 37.4 Å². The first-order valence-corrected chi connectivity index (χ1v) is 7.47.